The Kier molecular flexibility index (Phi) is 5.18. The predicted octanol–water partition coefficient (Wildman–Crippen LogP) is 3.36. The molecule has 0 fully saturated rings. The van der Waals surface area contributed by atoms with Gasteiger partial charge in [-0.15, -0.1) is 11.3 Å². The number of carbonyl (C=O) groups is 1. The Labute approximate surface area is 178 Å². The molecule has 28 heavy (non-hydrogen) atoms. The third kappa shape index (κ3) is 3.43. The molecule has 1 aromatic heterocycles. The van der Waals surface area contributed by atoms with Crippen molar-refractivity contribution in [2.75, 3.05) is 7.11 Å². The van der Waals surface area contributed by atoms with E-state index in [2.05, 4.69) is 20.9 Å². The van der Waals surface area contributed by atoms with Crippen LogP contribution in [0.3, 0.4) is 0 Å². The van der Waals surface area contributed by atoms with Gasteiger partial charge in [-0.2, -0.15) is 0 Å². The Bertz CT molecular complexity index is 1260. The number of ether oxygens (including phenoxy) is 1. The summed E-state index contributed by atoms with van der Waals surface area (Å²) in [6, 6.07) is 13.2. The van der Waals surface area contributed by atoms with Crippen LogP contribution < -0.4 is 15.3 Å². The number of hydrogen-bond acceptors (Lipinski definition) is 5. The number of benzene rings is 2. The summed E-state index contributed by atoms with van der Waals surface area (Å²) in [7, 11) is 1.63. The van der Waals surface area contributed by atoms with Gasteiger partial charge in [0, 0.05) is 16.2 Å². The zero-order valence-electron chi connectivity index (χ0n) is 14.8. The number of methoxy groups -OCH3 is 1. The number of halogens is 1. The van der Waals surface area contributed by atoms with Gasteiger partial charge in [0.2, 0.25) is 5.88 Å². The second-order valence-electron chi connectivity index (χ2n) is 6.22. The van der Waals surface area contributed by atoms with E-state index in [0.29, 0.717) is 37.9 Å². The van der Waals surface area contributed by atoms with E-state index in [1.54, 1.807) is 17.7 Å². The van der Waals surface area contributed by atoms with E-state index in [9.17, 15) is 9.90 Å². The SMILES string of the molecule is COc1ccc(CCn2c(O)c(C3=c4cc(Br)ccc4=NC3=O)sc2=S)cc1. The van der Waals surface area contributed by atoms with Crippen LogP contribution in [-0.2, 0) is 17.8 Å². The number of aromatic nitrogens is 1. The minimum Gasteiger partial charge on any atom is -0.497 e. The highest BCUT2D eigenvalue weighted by molar-refractivity contribution is 9.10. The van der Waals surface area contributed by atoms with Crippen molar-refractivity contribution in [3.05, 3.63) is 71.9 Å². The molecule has 1 amide bonds. The maximum absolute atomic E-state index is 12.5. The van der Waals surface area contributed by atoms with Crippen LogP contribution in [0.1, 0.15) is 10.4 Å². The van der Waals surface area contributed by atoms with Crippen LogP contribution in [-0.4, -0.2) is 22.7 Å². The van der Waals surface area contributed by atoms with Crippen LogP contribution in [0.2, 0.25) is 0 Å². The fraction of sp³-hybridized carbons (Fsp3) is 0.150. The van der Waals surface area contributed by atoms with Gasteiger partial charge in [-0.1, -0.05) is 28.1 Å². The van der Waals surface area contributed by atoms with Gasteiger partial charge in [0.15, 0.2) is 3.95 Å². The van der Waals surface area contributed by atoms with Gasteiger partial charge in [-0.3, -0.25) is 9.36 Å². The molecule has 0 saturated heterocycles. The molecule has 4 rings (SSSR count). The van der Waals surface area contributed by atoms with Crippen LogP contribution in [0.15, 0.2) is 51.9 Å². The summed E-state index contributed by atoms with van der Waals surface area (Å²) >= 11 is 10.1. The summed E-state index contributed by atoms with van der Waals surface area (Å²) in [4.78, 5) is 17.0. The molecule has 0 aliphatic carbocycles. The maximum atomic E-state index is 12.5. The molecule has 1 aliphatic rings. The molecule has 2 heterocycles. The monoisotopic (exact) mass is 474 g/mol. The molecule has 1 N–H and O–H groups in total. The summed E-state index contributed by atoms with van der Waals surface area (Å²) < 4.78 is 8.19. The van der Waals surface area contributed by atoms with Gasteiger partial charge in [-0.25, -0.2) is 4.99 Å². The fourth-order valence-corrected chi connectivity index (χ4v) is 4.85. The second-order valence-corrected chi connectivity index (χ2v) is 8.78. The summed E-state index contributed by atoms with van der Waals surface area (Å²) in [5.74, 6) is 0.447. The number of hydrogen-bond donors (Lipinski definition) is 1. The Hall–Kier alpha value is -2.29. The highest BCUT2D eigenvalue weighted by atomic mass is 79.9. The van der Waals surface area contributed by atoms with E-state index in [1.807, 2.05) is 36.4 Å². The Morgan fingerprint density at radius 3 is 2.71 bits per heavy atom. The minimum atomic E-state index is -0.359. The highest BCUT2D eigenvalue weighted by Gasteiger charge is 2.25. The molecule has 0 spiro atoms. The van der Waals surface area contributed by atoms with Crippen LogP contribution >= 0.6 is 39.5 Å². The zero-order chi connectivity index (χ0) is 19.8. The summed E-state index contributed by atoms with van der Waals surface area (Å²) in [6.45, 7) is 0.511. The lowest BCUT2D eigenvalue weighted by Gasteiger charge is -2.07. The molecule has 0 saturated carbocycles. The maximum Gasteiger partial charge on any atom is 0.279 e. The number of rotatable bonds is 5. The van der Waals surface area contributed by atoms with Gasteiger partial charge in [-0.05, 0) is 54.5 Å². The molecule has 3 aromatic rings. The second kappa shape index (κ2) is 7.62. The number of nitrogens with zero attached hydrogens (tertiary/aromatic N) is 2. The van der Waals surface area contributed by atoms with E-state index >= 15 is 0 Å². The standard InChI is InChI=1S/C20H15BrN2O3S2/c1-26-13-5-2-11(3-6-13)8-9-23-19(25)17(28-20(23)27)16-14-10-12(21)4-7-15(14)22-18(16)24/h2-7,10,25H,8-9H2,1H3. The average Bonchev–Trinajstić information content (AvgIpc) is 3.15. The lowest BCUT2D eigenvalue weighted by Crippen LogP contribution is -2.22. The molecule has 8 heteroatoms. The van der Waals surface area contributed by atoms with E-state index in [0.717, 1.165) is 15.8 Å². The van der Waals surface area contributed by atoms with Crippen molar-refractivity contribution >= 4 is 51.0 Å². The zero-order valence-corrected chi connectivity index (χ0v) is 18.0. The van der Waals surface area contributed by atoms with Gasteiger partial charge < -0.3 is 9.84 Å². The molecule has 0 radical (unpaired) electrons. The van der Waals surface area contributed by atoms with Gasteiger partial charge in [0.05, 0.1) is 18.0 Å². The van der Waals surface area contributed by atoms with Crippen molar-refractivity contribution in [1.82, 2.24) is 4.57 Å². The average molecular weight is 475 g/mol. The van der Waals surface area contributed by atoms with Crippen molar-refractivity contribution in [2.24, 2.45) is 4.99 Å². The first kappa shape index (κ1) is 19.0. The number of fused-ring (bicyclic) bond motifs is 1. The summed E-state index contributed by atoms with van der Waals surface area (Å²) in [5, 5.41) is 12.1. The lowest BCUT2D eigenvalue weighted by molar-refractivity contribution is -0.112. The molecule has 142 valence electrons. The molecule has 0 bridgehead atoms. The molecular weight excluding hydrogens is 460 g/mol. The number of carbonyl (C=O) groups excluding carboxylic acids is 1. The topological polar surface area (TPSA) is 63.8 Å². The molecule has 0 atom stereocenters. The van der Waals surface area contributed by atoms with E-state index in [1.165, 1.54) is 11.3 Å². The van der Waals surface area contributed by atoms with E-state index in [4.69, 9.17) is 17.0 Å². The summed E-state index contributed by atoms with van der Waals surface area (Å²) in [6.07, 6.45) is 0.692. The van der Waals surface area contributed by atoms with Crippen LogP contribution in [0, 0.1) is 3.95 Å². The van der Waals surface area contributed by atoms with Crippen LogP contribution in [0.5, 0.6) is 11.6 Å². The quantitative estimate of drug-likeness (QED) is 0.575. The molecule has 2 aromatic carbocycles. The van der Waals surface area contributed by atoms with Crippen LogP contribution in [0.4, 0.5) is 0 Å². The first-order chi connectivity index (χ1) is 13.5. The van der Waals surface area contributed by atoms with Crippen molar-refractivity contribution in [2.45, 2.75) is 13.0 Å². The van der Waals surface area contributed by atoms with Crippen molar-refractivity contribution in [3.63, 3.8) is 0 Å². The van der Waals surface area contributed by atoms with Crippen molar-refractivity contribution in [1.29, 1.82) is 0 Å². The predicted molar refractivity (Wildman–Crippen MR) is 114 cm³/mol. The van der Waals surface area contributed by atoms with Crippen molar-refractivity contribution in [3.8, 4) is 11.6 Å². The first-order valence-corrected chi connectivity index (χ1v) is 10.5. The number of aromatic hydroxyl groups is 1. The Morgan fingerprint density at radius 2 is 2.00 bits per heavy atom. The molecule has 1 aliphatic heterocycles. The molecule has 5 nitrogen and oxygen atoms in total. The minimum absolute atomic E-state index is 0.00915. The third-order valence-electron chi connectivity index (χ3n) is 4.54. The largest absolute Gasteiger partial charge is 0.497 e. The van der Waals surface area contributed by atoms with Crippen LogP contribution in [0.25, 0.3) is 5.57 Å². The van der Waals surface area contributed by atoms with E-state index in [-0.39, 0.29) is 11.8 Å². The third-order valence-corrected chi connectivity index (χ3v) is 6.49. The fourth-order valence-electron chi connectivity index (χ4n) is 3.10. The Morgan fingerprint density at radius 1 is 1.25 bits per heavy atom. The first-order valence-electron chi connectivity index (χ1n) is 8.47. The van der Waals surface area contributed by atoms with Crippen molar-refractivity contribution < 1.29 is 14.6 Å². The smallest absolute Gasteiger partial charge is 0.279 e. The normalized spacial score (nSPS) is 12.8. The Balaban J connectivity index is 1.70. The lowest BCUT2D eigenvalue weighted by atomic mass is 10.1. The number of amides is 1. The molecular formula is C20H15BrN2O3S2. The highest BCUT2D eigenvalue weighted by Crippen LogP contribution is 2.33. The summed E-state index contributed by atoms with van der Waals surface area (Å²) in [5.41, 5.74) is 1.50. The van der Waals surface area contributed by atoms with E-state index < -0.39 is 0 Å². The number of aryl methyl sites for hydroxylation is 1. The van der Waals surface area contributed by atoms with Gasteiger partial charge in [0.25, 0.3) is 5.91 Å². The number of thiazole rings is 1. The molecule has 0 unspecified atom stereocenters. The van der Waals surface area contributed by atoms with Gasteiger partial charge >= 0.3 is 0 Å². The van der Waals surface area contributed by atoms with Gasteiger partial charge in [0.1, 0.15) is 10.6 Å².